The summed E-state index contributed by atoms with van der Waals surface area (Å²) in [4.78, 5) is 4.47. The van der Waals surface area contributed by atoms with E-state index >= 15 is 0 Å². The molecule has 4 nitrogen and oxygen atoms in total. The molecule has 1 aliphatic rings. The summed E-state index contributed by atoms with van der Waals surface area (Å²) in [6, 6.07) is 7.33. The van der Waals surface area contributed by atoms with E-state index in [1.54, 1.807) is 6.07 Å². The standard InChI is InChI=1S/C13H14ClN3O/c1-8(18-11-4-2-3-10(14)7-11)12-15-13(17-16-12)9-5-6-9/h2-4,7-9H,5-6H2,1H3,(H,15,16,17). The molecule has 1 aliphatic carbocycles. The molecule has 0 amide bonds. The largest absolute Gasteiger partial charge is 0.483 e. The Bertz CT molecular complexity index is 551. The van der Waals surface area contributed by atoms with E-state index in [4.69, 9.17) is 16.3 Å². The first-order valence-corrected chi connectivity index (χ1v) is 6.44. The molecule has 1 heterocycles. The monoisotopic (exact) mass is 263 g/mol. The van der Waals surface area contributed by atoms with Gasteiger partial charge in [-0.2, -0.15) is 5.10 Å². The predicted octanol–water partition coefficient (Wildman–Crippen LogP) is 3.48. The molecule has 1 aromatic carbocycles. The summed E-state index contributed by atoms with van der Waals surface area (Å²) in [5.74, 6) is 2.97. The third-order valence-corrected chi connectivity index (χ3v) is 3.19. The minimum Gasteiger partial charge on any atom is -0.483 e. The summed E-state index contributed by atoms with van der Waals surface area (Å²) in [6.45, 7) is 1.93. The highest BCUT2D eigenvalue weighted by molar-refractivity contribution is 6.30. The maximum absolute atomic E-state index is 5.91. The van der Waals surface area contributed by atoms with Crippen molar-refractivity contribution in [2.24, 2.45) is 0 Å². The number of nitrogens with zero attached hydrogens (tertiary/aromatic N) is 2. The van der Waals surface area contributed by atoms with Gasteiger partial charge in [0.25, 0.3) is 0 Å². The summed E-state index contributed by atoms with van der Waals surface area (Å²) in [5.41, 5.74) is 0. The van der Waals surface area contributed by atoms with Crippen LogP contribution in [0.2, 0.25) is 5.02 Å². The minimum atomic E-state index is -0.188. The predicted molar refractivity (Wildman–Crippen MR) is 68.9 cm³/mol. The van der Waals surface area contributed by atoms with Crippen LogP contribution < -0.4 is 4.74 Å². The summed E-state index contributed by atoms with van der Waals surface area (Å²) >= 11 is 5.91. The van der Waals surface area contributed by atoms with Crippen molar-refractivity contribution < 1.29 is 4.74 Å². The van der Waals surface area contributed by atoms with Crippen LogP contribution in [0, 0.1) is 0 Å². The van der Waals surface area contributed by atoms with E-state index in [0.29, 0.717) is 16.8 Å². The second-order valence-electron chi connectivity index (χ2n) is 4.57. The van der Waals surface area contributed by atoms with Crippen LogP contribution >= 0.6 is 11.6 Å². The average molecular weight is 264 g/mol. The minimum absolute atomic E-state index is 0.188. The quantitative estimate of drug-likeness (QED) is 0.919. The van der Waals surface area contributed by atoms with Crippen LogP contribution in [-0.4, -0.2) is 15.2 Å². The highest BCUT2D eigenvalue weighted by Crippen LogP contribution is 2.38. The van der Waals surface area contributed by atoms with E-state index < -0.39 is 0 Å². The fourth-order valence-electron chi connectivity index (χ4n) is 1.81. The van der Waals surface area contributed by atoms with Crippen molar-refractivity contribution >= 4 is 11.6 Å². The number of hydrogen-bond acceptors (Lipinski definition) is 3. The van der Waals surface area contributed by atoms with Crippen molar-refractivity contribution in [3.05, 3.63) is 40.9 Å². The lowest BCUT2D eigenvalue weighted by atomic mass is 10.3. The number of aromatic nitrogens is 3. The number of nitrogens with one attached hydrogen (secondary N) is 1. The maximum Gasteiger partial charge on any atom is 0.191 e. The van der Waals surface area contributed by atoms with Crippen molar-refractivity contribution in [3.8, 4) is 5.75 Å². The number of aromatic amines is 1. The normalized spacial score (nSPS) is 16.6. The fourth-order valence-corrected chi connectivity index (χ4v) is 1.99. The van der Waals surface area contributed by atoms with E-state index in [2.05, 4.69) is 15.2 Å². The zero-order valence-electron chi connectivity index (χ0n) is 10.1. The SMILES string of the molecule is CC(Oc1cccc(Cl)c1)c1n[nH]c(C2CC2)n1. The molecule has 2 aromatic rings. The van der Waals surface area contributed by atoms with Crippen molar-refractivity contribution in [1.29, 1.82) is 0 Å². The molecule has 0 spiro atoms. The zero-order valence-corrected chi connectivity index (χ0v) is 10.8. The number of ether oxygens (including phenoxy) is 1. The molecule has 1 atom stereocenters. The van der Waals surface area contributed by atoms with E-state index in [9.17, 15) is 0 Å². The van der Waals surface area contributed by atoms with Gasteiger partial charge in [0.05, 0.1) is 0 Å². The Morgan fingerprint density at radius 2 is 2.28 bits per heavy atom. The van der Waals surface area contributed by atoms with Gasteiger partial charge in [0.15, 0.2) is 11.9 Å². The lowest BCUT2D eigenvalue weighted by molar-refractivity contribution is 0.217. The molecule has 1 unspecified atom stereocenters. The fraction of sp³-hybridized carbons (Fsp3) is 0.385. The summed E-state index contributed by atoms with van der Waals surface area (Å²) in [6.07, 6.45) is 2.23. The van der Waals surface area contributed by atoms with Gasteiger partial charge in [-0.25, -0.2) is 4.98 Å². The van der Waals surface area contributed by atoms with E-state index in [0.717, 1.165) is 11.6 Å². The third-order valence-electron chi connectivity index (χ3n) is 2.96. The molecule has 1 saturated carbocycles. The van der Waals surface area contributed by atoms with Crippen LogP contribution in [0.3, 0.4) is 0 Å². The van der Waals surface area contributed by atoms with Gasteiger partial charge in [-0.1, -0.05) is 17.7 Å². The highest BCUT2D eigenvalue weighted by Gasteiger charge is 2.28. The Kier molecular flexibility index (Phi) is 2.96. The topological polar surface area (TPSA) is 50.8 Å². The Balaban J connectivity index is 1.71. The van der Waals surface area contributed by atoms with Crippen LogP contribution in [0.4, 0.5) is 0 Å². The number of benzene rings is 1. The van der Waals surface area contributed by atoms with E-state index in [1.807, 2.05) is 25.1 Å². The molecule has 0 radical (unpaired) electrons. The zero-order chi connectivity index (χ0) is 12.5. The van der Waals surface area contributed by atoms with Gasteiger partial charge < -0.3 is 4.74 Å². The molecule has 94 valence electrons. The second kappa shape index (κ2) is 4.61. The van der Waals surface area contributed by atoms with Crippen LogP contribution in [0.15, 0.2) is 24.3 Å². The Hall–Kier alpha value is -1.55. The number of H-pyrrole nitrogens is 1. The van der Waals surface area contributed by atoms with Crippen LogP contribution in [0.5, 0.6) is 5.75 Å². The Labute approximate surface area is 110 Å². The molecular weight excluding hydrogens is 250 g/mol. The molecule has 0 saturated heterocycles. The average Bonchev–Trinajstić information content (AvgIpc) is 3.07. The smallest absolute Gasteiger partial charge is 0.191 e. The lowest BCUT2D eigenvalue weighted by Gasteiger charge is -2.11. The molecular formula is C13H14ClN3O. The highest BCUT2D eigenvalue weighted by atomic mass is 35.5. The first-order valence-electron chi connectivity index (χ1n) is 6.07. The van der Waals surface area contributed by atoms with Crippen LogP contribution in [-0.2, 0) is 0 Å². The Morgan fingerprint density at radius 3 is 3.00 bits per heavy atom. The first-order chi connectivity index (χ1) is 8.72. The first kappa shape index (κ1) is 11.5. The number of halogens is 1. The summed E-state index contributed by atoms with van der Waals surface area (Å²) in [5, 5.41) is 7.84. The van der Waals surface area contributed by atoms with Gasteiger partial charge in [0, 0.05) is 10.9 Å². The lowest BCUT2D eigenvalue weighted by Crippen LogP contribution is -2.05. The molecule has 5 heteroatoms. The van der Waals surface area contributed by atoms with Gasteiger partial charge in [-0.05, 0) is 38.0 Å². The van der Waals surface area contributed by atoms with E-state index in [1.165, 1.54) is 12.8 Å². The van der Waals surface area contributed by atoms with Crippen molar-refractivity contribution in [3.63, 3.8) is 0 Å². The second-order valence-corrected chi connectivity index (χ2v) is 5.01. The van der Waals surface area contributed by atoms with Crippen LogP contribution in [0.1, 0.15) is 43.4 Å². The molecule has 18 heavy (non-hydrogen) atoms. The van der Waals surface area contributed by atoms with Crippen LogP contribution in [0.25, 0.3) is 0 Å². The molecule has 0 aliphatic heterocycles. The van der Waals surface area contributed by atoms with Crippen molar-refractivity contribution in [1.82, 2.24) is 15.2 Å². The molecule has 1 aromatic heterocycles. The Morgan fingerprint density at radius 1 is 1.44 bits per heavy atom. The van der Waals surface area contributed by atoms with Gasteiger partial charge in [-0.3, -0.25) is 5.10 Å². The molecule has 0 bridgehead atoms. The summed E-state index contributed by atoms with van der Waals surface area (Å²) < 4.78 is 5.77. The van der Waals surface area contributed by atoms with Gasteiger partial charge in [0.2, 0.25) is 0 Å². The van der Waals surface area contributed by atoms with Crippen molar-refractivity contribution in [2.75, 3.05) is 0 Å². The third kappa shape index (κ3) is 2.48. The molecule has 1 fully saturated rings. The number of rotatable bonds is 4. The van der Waals surface area contributed by atoms with Crippen molar-refractivity contribution in [2.45, 2.75) is 31.8 Å². The maximum atomic E-state index is 5.91. The summed E-state index contributed by atoms with van der Waals surface area (Å²) in [7, 11) is 0. The van der Waals surface area contributed by atoms with E-state index in [-0.39, 0.29) is 6.10 Å². The van der Waals surface area contributed by atoms with Gasteiger partial charge >= 0.3 is 0 Å². The van der Waals surface area contributed by atoms with Gasteiger partial charge in [-0.15, -0.1) is 0 Å². The molecule has 1 N–H and O–H groups in total. The number of hydrogen-bond donors (Lipinski definition) is 1. The molecule has 3 rings (SSSR count). The van der Waals surface area contributed by atoms with Gasteiger partial charge in [0.1, 0.15) is 11.6 Å².